The summed E-state index contributed by atoms with van der Waals surface area (Å²) in [5.41, 5.74) is 0. The number of rotatable bonds is 39. The predicted octanol–water partition coefficient (Wildman–Crippen LogP) is 12.6. The van der Waals surface area contributed by atoms with E-state index in [1.54, 1.807) is 0 Å². The molecule has 0 fully saturated rings. The van der Waals surface area contributed by atoms with Crippen LogP contribution >= 0.6 is 7.82 Å². The third kappa shape index (κ3) is 39.6. The minimum atomic E-state index is -4.75. The molecule has 0 aliphatic heterocycles. The normalized spacial score (nSPS) is 12.5. The summed E-state index contributed by atoms with van der Waals surface area (Å²) in [5, 5.41) is 0. The van der Waals surface area contributed by atoms with Gasteiger partial charge in [-0.3, -0.25) is 14.1 Å². The van der Waals surface area contributed by atoms with E-state index in [-0.39, 0.29) is 19.4 Å². The van der Waals surface area contributed by atoms with Gasteiger partial charge in [-0.15, -0.1) is 0 Å². The van der Waals surface area contributed by atoms with Crippen LogP contribution in [0.4, 0.5) is 0 Å². The first kappa shape index (κ1) is 48.8. The maximum absolute atomic E-state index is 12.4. The summed E-state index contributed by atoms with van der Waals surface area (Å²) in [4.78, 5) is 42.8. The lowest BCUT2D eigenvalue weighted by molar-refractivity contribution is -0.161. The molecule has 0 aromatic carbocycles. The molecule has 0 aromatic rings. The number of hydrogen-bond donors (Lipinski definition) is 2. The molecule has 0 saturated carbocycles. The molecule has 2 N–H and O–H groups in total. The fourth-order valence-electron chi connectivity index (χ4n) is 6.13. The zero-order valence-corrected chi connectivity index (χ0v) is 33.5. The number of carbonyl (C=O) groups is 2. The van der Waals surface area contributed by atoms with Crippen LogP contribution < -0.4 is 0 Å². The van der Waals surface area contributed by atoms with Gasteiger partial charge in [-0.05, 0) is 38.5 Å². The summed E-state index contributed by atoms with van der Waals surface area (Å²) < 4.78 is 26.4. The van der Waals surface area contributed by atoms with Crippen molar-refractivity contribution in [1.29, 1.82) is 0 Å². The summed E-state index contributed by atoms with van der Waals surface area (Å²) in [7, 11) is -4.75. The van der Waals surface area contributed by atoms with Gasteiger partial charge in [0.25, 0.3) is 0 Å². The van der Waals surface area contributed by atoms with Crippen LogP contribution in [0.5, 0.6) is 0 Å². The van der Waals surface area contributed by atoms with Crippen LogP contribution in [0.3, 0.4) is 0 Å². The quantitative estimate of drug-likeness (QED) is 0.0278. The third-order valence-corrected chi connectivity index (χ3v) is 9.77. The molecule has 0 aromatic heterocycles. The van der Waals surface area contributed by atoms with Crippen molar-refractivity contribution in [3.8, 4) is 0 Å². The molecular formula is C41H79O8P. The van der Waals surface area contributed by atoms with E-state index in [1.165, 1.54) is 135 Å². The van der Waals surface area contributed by atoms with E-state index in [9.17, 15) is 14.2 Å². The Morgan fingerprint density at radius 3 is 1.24 bits per heavy atom. The van der Waals surface area contributed by atoms with Gasteiger partial charge in [0.2, 0.25) is 0 Å². The molecule has 0 amide bonds. The van der Waals surface area contributed by atoms with Gasteiger partial charge in [0.1, 0.15) is 6.61 Å². The van der Waals surface area contributed by atoms with E-state index in [2.05, 4.69) is 30.5 Å². The molecule has 0 saturated heterocycles. The highest BCUT2D eigenvalue weighted by molar-refractivity contribution is 7.46. The fourth-order valence-corrected chi connectivity index (χ4v) is 6.49. The molecule has 9 heteroatoms. The van der Waals surface area contributed by atoms with Crippen molar-refractivity contribution in [1.82, 2.24) is 0 Å². The highest BCUT2D eigenvalue weighted by Crippen LogP contribution is 2.36. The highest BCUT2D eigenvalue weighted by Gasteiger charge is 2.22. The van der Waals surface area contributed by atoms with Crippen LogP contribution in [-0.2, 0) is 28.2 Å². The van der Waals surface area contributed by atoms with Crippen molar-refractivity contribution in [3.63, 3.8) is 0 Å². The minimum absolute atomic E-state index is 0.206. The Morgan fingerprint density at radius 1 is 0.500 bits per heavy atom. The lowest BCUT2D eigenvalue weighted by Gasteiger charge is -2.18. The average Bonchev–Trinajstić information content (AvgIpc) is 3.08. The third-order valence-electron chi connectivity index (χ3n) is 9.28. The Labute approximate surface area is 307 Å². The topological polar surface area (TPSA) is 119 Å². The molecular weight excluding hydrogens is 651 g/mol. The van der Waals surface area contributed by atoms with Crippen LogP contribution in [0, 0.1) is 0 Å². The molecule has 0 spiro atoms. The largest absolute Gasteiger partial charge is 0.469 e. The molecule has 0 aliphatic carbocycles. The number of ether oxygens (including phenoxy) is 2. The second-order valence-electron chi connectivity index (χ2n) is 14.3. The van der Waals surface area contributed by atoms with Crippen molar-refractivity contribution in [2.75, 3.05) is 13.2 Å². The van der Waals surface area contributed by atoms with E-state index < -0.39 is 32.5 Å². The van der Waals surface area contributed by atoms with Crippen molar-refractivity contribution in [3.05, 3.63) is 12.2 Å². The molecule has 50 heavy (non-hydrogen) atoms. The zero-order chi connectivity index (χ0) is 36.8. The molecule has 0 heterocycles. The number of hydrogen-bond acceptors (Lipinski definition) is 6. The van der Waals surface area contributed by atoms with Gasteiger partial charge in [0.15, 0.2) is 6.10 Å². The Balaban J connectivity index is 3.85. The van der Waals surface area contributed by atoms with Gasteiger partial charge in [-0.25, -0.2) is 4.57 Å². The van der Waals surface area contributed by atoms with Crippen LogP contribution in [0.1, 0.15) is 219 Å². The molecule has 1 atom stereocenters. The van der Waals surface area contributed by atoms with Gasteiger partial charge in [-0.2, -0.15) is 0 Å². The Morgan fingerprint density at radius 2 is 0.840 bits per heavy atom. The number of unbranched alkanes of at least 4 members (excludes halogenated alkanes) is 27. The van der Waals surface area contributed by atoms with Crippen LogP contribution in [0.15, 0.2) is 12.2 Å². The van der Waals surface area contributed by atoms with E-state index in [0.717, 1.165) is 51.4 Å². The SMILES string of the molecule is CCCCCC/C=C\CCCCCCCC(=O)O[C@H](COC(=O)CCCCCCCCCCCCCCCCCCCCC)COP(=O)(O)O. The van der Waals surface area contributed by atoms with Crippen molar-refractivity contribution in [2.45, 2.75) is 225 Å². The first-order valence-corrected chi connectivity index (χ1v) is 22.5. The first-order chi connectivity index (χ1) is 24.3. The number of allylic oxidation sites excluding steroid dienone is 2. The monoisotopic (exact) mass is 731 g/mol. The number of esters is 2. The lowest BCUT2D eigenvalue weighted by Crippen LogP contribution is -2.29. The van der Waals surface area contributed by atoms with Gasteiger partial charge in [0.05, 0.1) is 6.61 Å². The number of carbonyl (C=O) groups excluding carboxylic acids is 2. The van der Waals surface area contributed by atoms with Gasteiger partial charge in [0, 0.05) is 12.8 Å². The Kier molecular flexibility index (Phi) is 36.6. The molecule has 0 bridgehead atoms. The second-order valence-corrected chi connectivity index (χ2v) is 15.6. The van der Waals surface area contributed by atoms with Crippen LogP contribution in [0.2, 0.25) is 0 Å². The minimum Gasteiger partial charge on any atom is -0.462 e. The molecule has 296 valence electrons. The summed E-state index contributed by atoms with van der Waals surface area (Å²) in [6.45, 7) is 3.68. The van der Waals surface area contributed by atoms with Gasteiger partial charge < -0.3 is 19.3 Å². The van der Waals surface area contributed by atoms with Gasteiger partial charge in [-0.1, -0.05) is 180 Å². The molecule has 0 radical (unpaired) electrons. The van der Waals surface area contributed by atoms with Gasteiger partial charge >= 0.3 is 19.8 Å². The smallest absolute Gasteiger partial charge is 0.462 e. The first-order valence-electron chi connectivity index (χ1n) is 21.0. The standard InChI is InChI=1S/C41H79O8P/c1-3-5-7-9-11-13-15-17-18-19-20-21-22-24-25-27-29-31-33-35-40(42)47-37-39(38-48-50(44,45)46)49-41(43)36-34-32-30-28-26-23-16-14-12-10-8-6-4-2/h14,16,39H,3-13,15,17-38H2,1-2H3,(H2,44,45,46)/b16-14-/t39-/m1/s1. The molecule has 8 nitrogen and oxygen atoms in total. The maximum Gasteiger partial charge on any atom is 0.469 e. The number of phosphoric ester groups is 1. The maximum atomic E-state index is 12.4. The van der Waals surface area contributed by atoms with E-state index in [1.807, 2.05) is 0 Å². The van der Waals surface area contributed by atoms with Crippen LogP contribution in [-0.4, -0.2) is 41.0 Å². The summed E-state index contributed by atoms with van der Waals surface area (Å²) in [6, 6.07) is 0. The molecule has 0 rings (SSSR count). The zero-order valence-electron chi connectivity index (χ0n) is 32.6. The highest BCUT2D eigenvalue weighted by atomic mass is 31.2. The summed E-state index contributed by atoms with van der Waals surface area (Å²) >= 11 is 0. The van der Waals surface area contributed by atoms with E-state index >= 15 is 0 Å². The summed E-state index contributed by atoms with van der Waals surface area (Å²) in [6.07, 6.45) is 40.8. The fraction of sp³-hybridized carbons (Fsp3) is 0.902. The lowest BCUT2D eigenvalue weighted by atomic mass is 10.0. The van der Waals surface area contributed by atoms with Crippen molar-refractivity contribution in [2.24, 2.45) is 0 Å². The Bertz CT molecular complexity index is 827. The predicted molar refractivity (Wildman–Crippen MR) is 207 cm³/mol. The number of phosphoric acid groups is 1. The van der Waals surface area contributed by atoms with Crippen molar-refractivity contribution >= 4 is 19.8 Å². The molecule has 0 aliphatic rings. The second kappa shape index (κ2) is 37.5. The Hall–Kier alpha value is -1.21. The van der Waals surface area contributed by atoms with Crippen molar-refractivity contribution < 1.29 is 37.9 Å². The molecule has 0 unspecified atom stereocenters. The average molecular weight is 731 g/mol. The van der Waals surface area contributed by atoms with E-state index in [0.29, 0.717) is 6.42 Å². The van der Waals surface area contributed by atoms with Crippen LogP contribution in [0.25, 0.3) is 0 Å². The summed E-state index contributed by atoms with van der Waals surface area (Å²) in [5.74, 6) is -0.884. The van der Waals surface area contributed by atoms with E-state index in [4.69, 9.17) is 19.3 Å².